The zero-order valence-electron chi connectivity index (χ0n) is 13.8. The number of rotatable bonds is 7. The highest BCUT2D eigenvalue weighted by Crippen LogP contribution is 2.30. The highest BCUT2D eigenvalue weighted by molar-refractivity contribution is 7.15. The van der Waals surface area contributed by atoms with Crippen molar-refractivity contribution in [2.45, 2.75) is 26.4 Å². The summed E-state index contributed by atoms with van der Waals surface area (Å²) in [6.07, 6.45) is 2.83. The van der Waals surface area contributed by atoms with Gasteiger partial charge in [-0.05, 0) is 23.8 Å². The quantitative estimate of drug-likeness (QED) is 0.749. The molecule has 0 aliphatic heterocycles. The van der Waals surface area contributed by atoms with Gasteiger partial charge in [-0.2, -0.15) is 8.78 Å². The first-order valence-electron chi connectivity index (χ1n) is 7.34. The van der Waals surface area contributed by atoms with Gasteiger partial charge in [-0.25, -0.2) is 0 Å². The summed E-state index contributed by atoms with van der Waals surface area (Å²) in [6, 6.07) is 4.37. The number of alkyl halides is 2. The number of nitrogens with one attached hydrogen (secondary N) is 1. The van der Waals surface area contributed by atoms with Crippen LogP contribution in [0.15, 0.2) is 24.3 Å². The third-order valence-corrected chi connectivity index (χ3v) is 4.13. The van der Waals surface area contributed by atoms with Gasteiger partial charge in [-0.1, -0.05) is 31.3 Å². The number of aromatic nitrogens is 2. The number of carbonyl (C=O) groups is 1. The number of anilines is 1. The zero-order chi connectivity index (χ0) is 18.4. The predicted octanol–water partition coefficient (Wildman–Crippen LogP) is 3.92. The number of methoxy groups -OCH3 is 1. The summed E-state index contributed by atoms with van der Waals surface area (Å²) < 4.78 is 33.9. The molecule has 2 aromatic rings. The van der Waals surface area contributed by atoms with Gasteiger partial charge in [-0.15, -0.1) is 10.2 Å². The van der Waals surface area contributed by atoms with Crippen molar-refractivity contribution in [3.8, 4) is 11.5 Å². The minimum Gasteiger partial charge on any atom is -0.493 e. The molecular formula is C16H17F2N3O3S. The number of amides is 1. The van der Waals surface area contributed by atoms with Crippen LogP contribution in [0.4, 0.5) is 13.9 Å². The van der Waals surface area contributed by atoms with E-state index in [0.29, 0.717) is 10.7 Å². The number of ether oxygens (including phenoxy) is 2. The van der Waals surface area contributed by atoms with Crippen LogP contribution in [0.25, 0.3) is 6.08 Å². The van der Waals surface area contributed by atoms with Crippen molar-refractivity contribution in [3.63, 3.8) is 0 Å². The van der Waals surface area contributed by atoms with Crippen LogP contribution in [0.5, 0.6) is 11.5 Å². The molecule has 1 N–H and O–H groups in total. The van der Waals surface area contributed by atoms with Crippen LogP contribution >= 0.6 is 11.3 Å². The van der Waals surface area contributed by atoms with Crippen LogP contribution in [-0.4, -0.2) is 29.8 Å². The molecule has 9 heteroatoms. The van der Waals surface area contributed by atoms with Crippen LogP contribution < -0.4 is 14.8 Å². The fourth-order valence-electron chi connectivity index (χ4n) is 1.82. The molecule has 0 aliphatic carbocycles. The highest BCUT2D eigenvalue weighted by Gasteiger charge is 2.11. The van der Waals surface area contributed by atoms with E-state index in [1.165, 1.54) is 48.8 Å². The van der Waals surface area contributed by atoms with Crippen LogP contribution in [0.2, 0.25) is 0 Å². The summed E-state index contributed by atoms with van der Waals surface area (Å²) in [5.74, 6) is -0.0683. The minimum atomic E-state index is -2.94. The maximum atomic E-state index is 12.3. The van der Waals surface area contributed by atoms with Crippen molar-refractivity contribution in [2.75, 3.05) is 12.4 Å². The molecule has 0 saturated heterocycles. The Morgan fingerprint density at radius 3 is 2.64 bits per heavy atom. The van der Waals surface area contributed by atoms with Gasteiger partial charge in [0.05, 0.1) is 7.11 Å². The lowest BCUT2D eigenvalue weighted by atomic mass is 10.2. The van der Waals surface area contributed by atoms with Gasteiger partial charge in [0, 0.05) is 12.0 Å². The molecule has 1 amide bonds. The van der Waals surface area contributed by atoms with E-state index in [1.54, 1.807) is 0 Å². The molecule has 6 nitrogen and oxygen atoms in total. The van der Waals surface area contributed by atoms with Crippen molar-refractivity contribution in [1.29, 1.82) is 0 Å². The molecule has 1 aromatic heterocycles. The molecule has 0 aliphatic rings. The second-order valence-corrected chi connectivity index (χ2v) is 6.22. The summed E-state index contributed by atoms with van der Waals surface area (Å²) in [6.45, 7) is 1.03. The van der Waals surface area contributed by atoms with Crippen molar-refractivity contribution < 1.29 is 23.0 Å². The number of benzene rings is 1. The van der Waals surface area contributed by atoms with Crippen molar-refractivity contribution in [2.24, 2.45) is 0 Å². The van der Waals surface area contributed by atoms with E-state index in [2.05, 4.69) is 20.3 Å². The fraction of sp³-hybridized carbons (Fsp3) is 0.312. The first kappa shape index (κ1) is 18.8. The molecule has 0 radical (unpaired) electrons. The standard InChI is InChI=1S/C16H17F2N3O3S/c1-9(2)14-20-21-16(25-14)19-13(22)7-5-10-4-6-11(24-15(17)18)12(8-10)23-3/h4-9,15H,1-3H3,(H,19,21,22)/b7-5+. The predicted molar refractivity (Wildman–Crippen MR) is 91.3 cm³/mol. The van der Waals surface area contributed by atoms with Gasteiger partial charge >= 0.3 is 6.61 Å². The zero-order valence-corrected chi connectivity index (χ0v) is 14.6. The third kappa shape index (κ3) is 5.49. The molecule has 0 atom stereocenters. The van der Waals surface area contributed by atoms with Crippen LogP contribution in [-0.2, 0) is 4.79 Å². The van der Waals surface area contributed by atoms with E-state index in [0.717, 1.165) is 5.01 Å². The fourth-order valence-corrected chi connectivity index (χ4v) is 2.57. The maximum Gasteiger partial charge on any atom is 0.387 e. The molecule has 134 valence electrons. The Hall–Kier alpha value is -2.55. The molecule has 1 heterocycles. The third-order valence-electron chi connectivity index (χ3n) is 3.00. The van der Waals surface area contributed by atoms with E-state index >= 15 is 0 Å². The first-order valence-corrected chi connectivity index (χ1v) is 8.16. The Morgan fingerprint density at radius 2 is 2.04 bits per heavy atom. The second kappa shape index (κ2) is 8.52. The molecule has 0 unspecified atom stereocenters. The number of hydrogen-bond donors (Lipinski definition) is 1. The summed E-state index contributed by atoms with van der Waals surface area (Å²) in [5.41, 5.74) is 0.591. The molecule has 2 rings (SSSR count). The molecule has 0 bridgehead atoms. The molecular weight excluding hydrogens is 352 g/mol. The molecule has 0 spiro atoms. The average molecular weight is 369 g/mol. The lowest BCUT2D eigenvalue weighted by molar-refractivity contribution is -0.111. The SMILES string of the molecule is COc1cc(/C=C/C(=O)Nc2nnc(C(C)C)s2)ccc1OC(F)F. The van der Waals surface area contributed by atoms with Gasteiger partial charge in [-0.3, -0.25) is 10.1 Å². The molecule has 1 aromatic carbocycles. The summed E-state index contributed by atoms with van der Waals surface area (Å²) >= 11 is 1.31. The number of hydrogen-bond acceptors (Lipinski definition) is 6. The molecule has 0 saturated carbocycles. The van der Waals surface area contributed by atoms with E-state index in [4.69, 9.17) is 4.74 Å². The van der Waals surface area contributed by atoms with E-state index in [1.807, 2.05) is 13.8 Å². The van der Waals surface area contributed by atoms with E-state index < -0.39 is 6.61 Å². The maximum absolute atomic E-state index is 12.3. The lowest BCUT2D eigenvalue weighted by Crippen LogP contribution is -2.07. The normalized spacial score (nSPS) is 11.3. The monoisotopic (exact) mass is 369 g/mol. The van der Waals surface area contributed by atoms with Gasteiger partial charge < -0.3 is 9.47 Å². The Labute approximate surface area is 147 Å². The number of carbonyl (C=O) groups excluding carboxylic acids is 1. The van der Waals surface area contributed by atoms with Crippen molar-refractivity contribution in [3.05, 3.63) is 34.8 Å². The van der Waals surface area contributed by atoms with Gasteiger partial charge in [0.2, 0.25) is 11.0 Å². The van der Waals surface area contributed by atoms with Crippen LogP contribution in [0.1, 0.15) is 30.3 Å². The Bertz CT molecular complexity index is 763. The number of halogens is 2. The van der Waals surface area contributed by atoms with Gasteiger partial charge in [0.15, 0.2) is 11.5 Å². The Kier molecular flexibility index (Phi) is 6.40. The topological polar surface area (TPSA) is 73.3 Å². The smallest absolute Gasteiger partial charge is 0.387 e. The molecule has 25 heavy (non-hydrogen) atoms. The average Bonchev–Trinajstić information content (AvgIpc) is 3.02. The first-order chi connectivity index (χ1) is 11.9. The van der Waals surface area contributed by atoms with Gasteiger partial charge in [0.25, 0.3) is 0 Å². The van der Waals surface area contributed by atoms with E-state index in [9.17, 15) is 13.6 Å². The van der Waals surface area contributed by atoms with Crippen molar-refractivity contribution in [1.82, 2.24) is 10.2 Å². The van der Waals surface area contributed by atoms with Crippen LogP contribution in [0, 0.1) is 0 Å². The summed E-state index contributed by atoms with van der Waals surface area (Å²) in [4.78, 5) is 11.9. The molecule has 0 fully saturated rings. The summed E-state index contributed by atoms with van der Waals surface area (Å²) in [7, 11) is 1.34. The summed E-state index contributed by atoms with van der Waals surface area (Å²) in [5, 5.41) is 11.7. The van der Waals surface area contributed by atoms with E-state index in [-0.39, 0.29) is 23.3 Å². The second-order valence-electron chi connectivity index (χ2n) is 5.21. The van der Waals surface area contributed by atoms with Gasteiger partial charge in [0.1, 0.15) is 5.01 Å². The minimum absolute atomic E-state index is 0.0748. The van der Waals surface area contributed by atoms with Crippen molar-refractivity contribution >= 4 is 28.5 Å². The number of nitrogens with zero attached hydrogens (tertiary/aromatic N) is 2. The lowest BCUT2D eigenvalue weighted by Gasteiger charge is -2.10. The Balaban J connectivity index is 2.03. The highest BCUT2D eigenvalue weighted by atomic mass is 32.1. The largest absolute Gasteiger partial charge is 0.493 e. The Morgan fingerprint density at radius 1 is 1.28 bits per heavy atom. The van der Waals surface area contributed by atoms with Crippen LogP contribution in [0.3, 0.4) is 0 Å².